The molecule has 1 N–H and O–H groups in total. The highest BCUT2D eigenvalue weighted by atomic mass is 19.3. The van der Waals surface area contributed by atoms with Gasteiger partial charge in [-0.05, 0) is 6.07 Å². The predicted molar refractivity (Wildman–Crippen MR) is 118 cm³/mol. The number of furan rings is 1. The summed E-state index contributed by atoms with van der Waals surface area (Å²) in [7, 11) is 0. The molecule has 1 atom stereocenters. The first-order chi connectivity index (χ1) is 18.0. The third kappa shape index (κ3) is 5.61. The number of carbonyl (C=O) groups is 3. The topological polar surface area (TPSA) is 148 Å². The lowest BCUT2D eigenvalue weighted by molar-refractivity contribution is -0.402. The van der Waals surface area contributed by atoms with Crippen molar-refractivity contribution >= 4 is 35.2 Å². The number of nitrogens with zero attached hydrogens (tertiary/aromatic N) is 4. The summed E-state index contributed by atoms with van der Waals surface area (Å²) in [6.07, 6.45) is -5.25. The van der Waals surface area contributed by atoms with Crippen molar-refractivity contribution in [3.05, 3.63) is 51.8 Å². The minimum Gasteiger partial charge on any atom is -0.442 e. The third-order valence-electron chi connectivity index (χ3n) is 5.60. The Hall–Kier alpha value is -4.41. The first-order valence-corrected chi connectivity index (χ1v) is 11.0. The van der Waals surface area contributed by atoms with E-state index in [0.29, 0.717) is 0 Å². The number of hydrogen-bond acceptors (Lipinski definition) is 9. The van der Waals surface area contributed by atoms with Gasteiger partial charge < -0.3 is 19.4 Å². The summed E-state index contributed by atoms with van der Waals surface area (Å²) >= 11 is 0. The Balaban J connectivity index is 1.42. The van der Waals surface area contributed by atoms with E-state index in [1.165, 1.54) is 4.90 Å². The van der Waals surface area contributed by atoms with E-state index < -0.39 is 65.1 Å². The Labute approximate surface area is 210 Å². The molecule has 1 aromatic carbocycles. The van der Waals surface area contributed by atoms with E-state index in [0.717, 1.165) is 34.2 Å². The zero-order chi connectivity index (χ0) is 27.6. The Kier molecular flexibility index (Phi) is 7.65. The number of cyclic esters (lactones) is 1. The van der Waals surface area contributed by atoms with Crippen LogP contribution in [0.4, 0.5) is 39.6 Å². The number of hydrogen-bond donors (Lipinski definition) is 1. The maximum absolute atomic E-state index is 15.0. The van der Waals surface area contributed by atoms with Crippen molar-refractivity contribution in [3.63, 3.8) is 0 Å². The zero-order valence-corrected chi connectivity index (χ0v) is 19.3. The van der Waals surface area contributed by atoms with Crippen molar-refractivity contribution in [1.82, 2.24) is 10.4 Å². The minimum atomic E-state index is -3.25. The second kappa shape index (κ2) is 10.9. The van der Waals surface area contributed by atoms with E-state index in [1.54, 1.807) is 0 Å². The number of nitro groups is 1. The summed E-state index contributed by atoms with van der Waals surface area (Å²) in [6, 6.07) is 3.87. The van der Waals surface area contributed by atoms with Gasteiger partial charge in [-0.25, -0.2) is 18.6 Å². The summed E-state index contributed by atoms with van der Waals surface area (Å²) in [6.45, 7) is -1.12. The number of rotatable bonds is 7. The smallest absolute Gasteiger partial charge is 0.433 e. The molecular formula is C21H19F4N5O8. The van der Waals surface area contributed by atoms with Gasteiger partial charge in [-0.2, -0.15) is 8.78 Å². The van der Waals surface area contributed by atoms with Crippen LogP contribution in [-0.2, 0) is 14.4 Å². The lowest BCUT2D eigenvalue weighted by Gasteiger charge is -2.24. The van der Waals surface area contributed by atoms with Crippen LogP contribution >= 0.6 is 0 Å². The molecule has 13 nitrogen and oxygen atoms in total. The molecule has 4 rings (SSSR count). The minimum absolute atomic E-state index is 0.0348. The Bertz CT molecular complexity index is 1230. The van der Waals surface area contributed by atoms with E-state index in [9.17, 15) is 33.3 Å². The summed E-state index contributed by atoms with van der Waals surface area (Å²) in [5.41, 5.74) is -0.646. The van der Waals surface area contributed by atoms with Gasteiger partial charge in [0.15, 0.2) is 11.6 Å². The molecule has 1 unspecified atom stereocenters. The molecule has 2 fully saturated rings. The van der Waals surface area contributed by atoms with Gasteiger partial charge in [0.25, 0.3) is 5.91 Å². The summed E-state index contributed by atoms with van der Waals surface area (Å²) < 4.78 is 64.6. The van der Waals surface area contributed by atoms with Crippen LogP contribution < -0.4 is 15.1 Å². The fraction of sp³-hybridized carbons (Fsp3) is 0.381. The molecule has 0 radical (unpaired) electrons. The van der Waals surface area contributed by atoms with Gasteiger partial charge in [0.1, 0.15) is 16.7 Å². The zero-order valence-electron chi connectivity index (χ0n) is 19.3. The third-order valence-corrected chi connectivity index (χ3v) is 5.60. The van der Waals surface area contributed by atoms with Gasteiger partial charge >= 0.3 is 24.3 Å². The van der Waals surface area contributed by atoms with Crippen molar-refractivity contribution in [2.45, 2.75) is 12.5 Å². The molecular weight excluding hydrogens is 526 g/mol. The number of ether oxygens (including phenoxy) is 1. The van der Waals surface area contributed by atoms with Crippen LogP contribution in [-0.4, -0.2) is 79.8 Å². The standard InChI is InChI=1S/C21H19F4N5O8/c22-13-7-11(28-10-12(37-21(28)33)9-26-19(31)18(24)25)8-14(23)17(13)27-3-4-29(36-6-5-27)20(32)15-1-2-16(38-15)30(34)35/h1-2,7-8,12,18H,3-6,9-10H2,(H,26,31). The summed E-state index contributed by atoms with van der Waals surface area (Å²) in [4.78, 5) is 53.2. The molecule has 0 aliphatic carbocycles. The van der Waals surface area contributed by atoms with Crippen molar-refractivity contribution in [2.75, 3.05) is 49.1 Å². The second-order valence-corrected chi connectivity index (χ2v) is 8.04. The average Bonchev–Trinajstić information content (AvgIpc) is 3.43. The molecule has 3 amide bonds. The number of anilines is 2. The van der Waals surface area contributed by atoms with E-state index in [4.69, 9.17) is 14.0 Å². The monoisotopic (exact) mass is 545 g/mol. The van der Waals surface area contributed by atoms with Crippen LogP contribution in [0.3, 0.4) is 0 Å². The molecule has 38 heavy (non-hydrogen) atoms. The Morgan fingerprint density at radius 3 is 2.50 bits per heavy atom. The van der Waals surface area contributed by atoms with E-state index in [2.05, 4.69) is 0 Å². The molecule has 0 saturated carbocycles. The number of benzene rings is 1. The highest BCUT2D eigenvalue weighted by Gasteiger charge is 2.35. The van der Waals surface area contributed by atoms with E-state index >= 15 is 8.78 Å². The number of alkyl halides is 2. The van der Waals surface area contributed by atoms with Gasteiger partial charge in [-0.1, -0.05) is 0 Å². The normalized spacial score (nSPS) is 18.0. The molecule has 2 aliphatic heterocycles. The van der Waals surface area contributed by atoms with Gasteiger partial charge in [0, 0.05) is 25.2 Å². The molecule has 2 saturated heterocycles. The SMILES string of the molecule is O=C(NCC1CN(c2cc(F)c(N3CCON(C(=O)c4ccc([N+](=O)[O-])o4)CC3)c(F)c2)C(=O)O1)C(F)F. The maximum atomic E-state index is 15.0. The number of nitrogens with one attached hydrogen (secondary N) is 1. The van der Waals surface area contributed by atoms with Crippen LogP contribution in [0.1, 0.15) is 10.6 Å². The van der Waals surface area contributed by atoms with E-state index in [1.807, 2.05) is 5.32 Å². The predicted octanol–water partition coefficient (Wildman–Crippen LogP) is 2.07. The van der Waals surface area contributed by atoms with Crippen LogP contribution in [0, 0.1) is 21.7 Å². The molecule has 204 valence electrons. The van der Waals surface area contributed by atoms with Crippen LogP contribution in [0.15, 0.2) is 28.7 Å². The van der Waals surface area contributed by atoms with Crippen LogP contribution in [0.25, 0.3) is 0 Å². The number of hydroxylamine groups is 2. The van der Waals surface area contributed by atoms with Crippen molar-refractivity contribution < 1.29 is 50.9 Å². The first kappa shape index (κ1) is 26.6. The maximum Gasteiger partial charge on any atom is 0.433 e. The average molecular weight is 545 g/mol. The van der Waals surface area contributed by atoms with Gasteiger partial charge in [0.05, 0.1) is 38.0 Å². The lowest BCUT2D eigenvalue weighted by Crippen LogP contribution is -2.37. The molecule has 2 aliphatic rings. The molecule has 2 aromatic rings. The quantitative estimate of drug-likeness (QED) is 0.314. The lowest BCUT2D eigenvalue weighted by atomic mass is 10.2. The molecule has 0 spiro atoms. The number of halogens is 4. The Morgan fingerprint density at radius 1 is 1.16 bits per heavy atom. The number of carbonyl (C=O) groups excluding carboxylic acids is 3. The Morgan fingerprint density at radius 2 is 1.87 bits per heavy atom. The molecule has 3 heterocycles. The summed E-state index contributed by atoms with van der Waals surface area (Å²) in [5, 5.41) is 13.5. The van der Waals surface area contributed by atoms with Gasteiger partial charge in [0.2, 0.25) is 5.76 Å². The first-order valence-electron chi connectivity index (χ1n) is 11.0. The fourth-order valence-corrected chi connectivity index (χ4v) is 3.84. The van der Waals surface area contributed by atoms with Crippen molar-refractivity contribution in [2.24, 2.45) is 0 Å². The second-order valence-electron chi connectivity index (χ2n) is 8.04. The molecule has 17 heteroatoms. The van der Waals surface area contributed by atoms with Crippen LogP contribution in [0.5, 0.6) is 0 Å². The van der Waals surface area contributed by atoms with Crippen molar-refractivity contribution in [1.29, 1.82) is 0 Å². The van der Waals surface area contributed by atoms with E-state index in [-0.39, 0.29) is 44.2 Å². The largest absolute Gasteiger partial charge is 0.442 e. The fourth-order valence-electron chi connectivity index (χ4n) is 3.84. The van der Waals surface area contributed by atoms with Crippen LogP contribution in [0.2, 0.25) is 0 Å². The van der Waals surface area contributed by atoms with Crippen molar-refractivity contribution in [3.8, 4) is 0 Å². The number of amides is 3. The van der Waals surface area contributed by atoms with Gasteiger partial charge in [-0.15, -0.1) is 0 Å². The highest BCUT2D eigenvalue weighted by molar-refractivity contribution is 5.91. The van der Waals surface area contributed by atoms with Gasteiger partial charge in [-0.3, -0.25) is 29.4 Å². The molecule has 1 aromatic heterocycles. The summed E-state index contributed by atoms with van der Waals surface area (Å²) in [5.74, 6) is -5.43. The molecule has 0 bridgehead atoms. The highest BCUT2D eigenvalue weighted by Crippen LogP contribution is 2.31.